The first-order valence-electron chi connectivity index (χ1n) is 10.4. The summed E-state index contributed by atoms with van der Waals surface area (Å²) in [7, 11) is 0. The number of esters is 1. The lowest BCUT2D eigenvalue weighted by molar-refractivity contribution is -0.0165. The molecule has 3 unspecified atom stereocenters. The van der Waals surface area contributed by atoms with E-state index in [2.05, 4.69) is 34.4 Å². The Hall–Kier alpha value is -1.71. The first-order valence-corrected chi connectivity index (χ1v) is 11.2. The van der Waals surface area contributed by atoms with E-state index in [9.17, 15) is 4.79 Å². The normalized spacial score (nSPS) is 20.2. The molecule has 8 nitrogen and oxygen atoms in total. The number of aliphatic imine (C=N–C) groups is 1. The highest BCUT2D eigenvalue weighted by molar-refractivity contribution is 7.13. The molecule has 1 aromatic rings. The number of carbonyl (C=O) groups is 1. The number of thiazole rings is 1. The van der Waals surface area contributed by atoms with Gasteiger partial charge in [-0.05, 0) is 41.5 Å². The Kier molecular flexibility index (Phi) is 9.32. The number of carbonyl (C=O) groups excluding carboxylic acids is 1. The van der Waals surface area contributed by atoms with Gasteiger partial charge in [0, 0.05) is 25.2 Å². The molecule has 9 heteroatoms. The fourth-order valence-electron chi connectivity index (χ4n) is 3.30. The second-order valence-electron chi connectivity index (χ2n) is 7.28. The third-order valence-corrected chi connectivity index (χ3v) is 6.16. The monoisotopic (exact) mass is 425 g/mol. The summed E-state index contributed by atoms with van der Waals surface area (Å²) in [6.07, 6.45) is 0. The second kappa shape index (κ2) is 11.5. The van der Waals surface area contributed by atoms with Gasteiger partial charge in [-0.3, -0.25) is 9.89 Å². The molecule has 2 rings (SSSR count). The summed E-state index contributed by atoms with van der Waals surface area (Å²) in [5.74, 6) is 0.438. The smallest absolute Gasteiger partial charge is 0.350 e. The van der Waals surface area contributed by atoms with E-state index in [4.69, 9.17) is 14.5 Å². The molecule has 1 aromatic heterocycles. The number of hydrogen-bond donors (Lipinski definition) is 2. The number of guanidine groups is 1. The average molecular weight is 426 g/mol. The van der Waals surface area contributed by atoms with Gasteiger partial charge in [0.15, 0.2) is 5.96 Å². The quantitative estimate of drug-likeness (QED) is 0.375. The number of hydrogen-bond acceptors (Lipinski definition) is 7. The zero-order chi connectivity index (χ0) is 21.4. The molecule has 1 saturated heterocycles. The summed E-state index contributed by atoms with van der Waals surface area (Å²) in [6, 6.07) is 0.664. The van der Waals surface area contributed by atoms with Crippen LogP contribution in [-0.2, 0) is 9.47 Å². The lowest BCUT2D eigenvalue weighted by Crippen LogP contribution is -2.49. The Labute approximate surface area is 178 Å². The summed E-state index contributed by atoms with van der Waals surface area (Å²) >= 11 is 1.37. The Morgan fingerprint density at radius 3 is 2.86 bits per heavy atom. The highest BCUT2D eigenvalue weighted by Gasteiger charge is 2.24. The van der Waals surface area contributed by atoms with Crippen molar-refractivity contribution in [1.82, 2.24) is 20.5 Å². The van der Waals surface area contributed by atoms with Gasteiger partial charge in [-0.2, -0.15) is 0 Å². The average Bonchev–Trinajstić information content (AvgIpc) is 3.08. The molecule has 0 radical (unpaired) electrons. The first-order chi connectivity index (χ1) is 13.9. The van der Waals surface area contributed by atoms with E-state index in [0.29, 0.717) is 35.8 Å². The van der Waals surface area contributed by atoms with Crippen LogP contribution in [0.15, 0.2) is 4.99 Å². The molecule has 29 heavy (non-hydrogen) atoms. The number of morpholine rings is 1. The maximum atomic E-state index is 12.1. The first kappa shape index (κ1) is 23.6. The highest BCUT2D eigenvalue weighted by atomic mass is 32.1. The number of ether oxygens (including phenoxy) is 2. The van der Waals surface area contributed by atoms with E-state index < -0.39 is 0 Å². The predicted octanol–water partition coefficient (Wildman–Crippen LogP) is 2.35. The van der Waals surface area contributed by atoms with Crippen molar-refractivity contribution in [2.75, 3.05) is 39.5 Å². The Morgan fingerprint density at radius 1 is 1.45 bits per heavy atom. The Bertz CT molecular complexity index is 694. The van der Waals surface area contributed by atoms with E-state index in [1.807, 2.05) is 20.8 Å². The molecule has 0 aliphatic carbocycles. The molecule has 2 N–H and O–H groups in total. The summed E-state index contributed by atoms with van der Waals surface area (Å²) in [5.41, 5.74) is 0.703. The van der Waals surface area contributed by atoms with Crippen molar-refractivity contribution in [3.05, 3.63) is 15.6 Å². The third kappa shape index (κ3) is 6.65. The standard InChI is InChI=1S/C20H35N5O3S/c1-7-21-20(22-11-13(3)25-9-10-27-12-14(25)4)24-16(6)18-23-15(5)17(29-18)19(26)28-8-2/h13-14,16H,7-12H2,1-6H3,(H2,21,22,24). The lowest BCUT2D eigenvalue weighted by atomic mass is 10.2. The van der Waals surface area contributed by atoms with Gasteiger partial charge in [0.05, 0.1) is 38.1 Å². The van der Waals surface area contributed by atoms with Crippen LogP contribution in [0.3, 0.4) is 0 Å². The molecule has 0 saturated carbocycles. The van der Waals surface area contributed by atoms with Crippen molar-refractivity contribution in [1.29, 1.82) is 0 Å². The van der Waals surface area contributed by atoms with Crippen molar-refractivity contribution in [2.24, 2.45) is 4.99 Å². The minimum Gasteiger partial charge on any atom is -0.462 e. The van der Waals surface area contributed by atoms with E-state index in [1.165, 1.54) is 11.3 Å². The van der Waals surface area contributed by atoms with Crippen molar-refractivity contribution in [3.8, 4) is 0 Å². The molecule has 2 heterocycles. The van der Waals surface area contributed by atoms with Crippen molar-refractivity contribution < 1.29 is 14.3 Å². The number of rotatable bonds is 8. The topological polar surface area (TPSA) is 88.1 Å². The summed E-state index contributed by atoms with van der Waals surface area (Å²) in [6.45, 7) is 16.4. The van der Waals surface area contributed by atoms with Crippen LogP contribution in [0.1, 0.15) is 61.0 Å². The minimum absolute atomic E-state index is 0.0720. The third-order valence-electron chi connectivity index (χ3n) is 4.84. The molecule has 0 bridgehead atoms. The van der Waals surface area contributed by atoms with Crippen molar-refractivity contribution >= 4 is 23.3 Å². The van der Waals surface area contributed by atoms with Gasteiger partial charge in [0.25, 0.3) is 0 Å². The minimum atomic E-state index is -0.310. The number of nitrogens with zero attached hydrogens (tertiary/aromatic N) is 3. The molecule has 0 spiro atoms. The van der Waals surface area contributed by atoms with Crippen LogP contribution >= 0.6 is 11.3 Å². The maximum Gasteiger partial charge on any atom is 0.350 e. The fourth-order valence-corrected chi connectivity index (χ4v) is 4.26. The number of aryl methyl sites for hydroxylation is 1. The summed E-state index contributed by atoms with van der Waals surface area (Å²) in [5, 5.41) is 7.54. The van der Waals surface area contributed by atoms with Gasteiger partial charge in [-0.25, -0.2) is 9.78 Å². The molecule has 1 aliphatic heterocycles. The van der Waals surface area contributed by atoms with E-state index >= 15 is 0 Å². The number of aromatic nitrogens is 1. The summed E-state index contributed by atoms with van der Waals surface area (Å²) < 4.78 is 10.6. The SMILES string of the molecule is CCNC(=NCC(C)N1CCOCC1C)NC(C)c1nc(C)c(C(=O)OCC)s1. The largest absolute Gasteiger partial charge is 0.462 e. The van der Waals surface area contributed by atoms with Gasteiger partial charge < -0.3 is 20.1 Å². The van der Waals surface area contributed by atoms with Crippen LogP contribution in [0, 0.1) is 6.92 Å². The van der Waals surface area contributed by atoms with Crippen molar-refractivity contribution in [3.63, 3.8) is 0 Å². The van der Waals surface area contributed by atoms with E-state index in [1.54, 1.807) is 6.92 Å². The lowest BCUT2D eigenvalue weighted by Gasteiger charge is -2.37. The molecule has 164 valence electrons. The van der Waals surface area contributed by atoms with Gasteiger partial charge in [-0.15, -0.1) is 11.3 Å². The van der Waals surface area contributed by atoms with Gasteiger partial charge in [0.1, 0.15) is 9.88 Å². The molecule has 3 atom stereocenters. The fraction of sp³-hybridized carbons (Fsp3) is 0.750. The Balaban J connectivity index is 2.02. The van der Waals surface area contributed by atoms with Crippen LogP contribution in [0.4, 0.5) is 0 Å². The molecular formula is C20H35N5O3S. The molecule has 1 fully saturated rings. The zero-order valence-electron chi connectivity index (χ0n) is 18.4. The van der Waals surface area contributed by atoms with Crippen LogP contribution in [-0.4, -0.2) is 73.4 Å². The van der Waals surface area contributed by atoms with Gasteiger partial charge in [-0.1, -0.05) is 0 Å². The van der Waals surface area contributed by atoms with Crippen LogP contribution in [0.5, 0.6) is 0 Å². The van der Waals surface area contributed by atoms with Crippen molar-refractivity contribution in [2.45, 2.75) is 59.7 Å². The summed E-state index contributed by atoms with van der Waals surface area (Å²) in [4.78, 5) is 24.4. The zero-order valence-corrected chi connectivity index (χ0v) is 19.3. The highest BCUT2D eigenvalue weighted by Crippen LogP contribution is 2.24. The van der Waals surface area contributed by atoms with Gasteiger partial charge in [0.2, 0.25) is 0 Å². The molecule has 1 aliphatic rings. The maximum absolute atomic E-state index is 12.1. The predicted molar refractivity (Wildman–Crippen MR) is 117 cm³/mol. The van der Waals surface area contributed by atoms with Crippen LogP contribution in [0.2, 0.25) is 0 Å². The Morgan fingerprint density at radius 2 is 2.21 bits per heavy atom. The number of nitrogens with one attached hydrogen (secondary N) is 2. The van der Waals surface area contributed by atoms with Gasteiger partial charge >= 0.3 is 5.97 Å². The van der Waals surface area contributed by atoms with E-state index in [-0.39, 0.29) is 12.0 Å². The molecule has 0 amide bonds. The molecular weight excluding hydrogens is 390 g/mol. The van der Waals surface area contributed by atoms with E-state index in [0.717, 1.165) is 37.3 Å². The second-order valence-corrected chi connectivity index (χ2v) is 8.31. The molecule has 0 aromatic carbocycles. The van der Waals surface area contributed by atoms with Crippen LogP contribution in [0.25, 0.3) is 0 Å². The van der Waals surface area contributed by atoms with Crippen LogP contribution < -0.4 is 10.6 Å².